The van der Waals surface area contributed by atoms with Gasteiger partial charge in [-0.1, -0.05) is 22.6 Å². The molecule has 1 atom stereocenters. The molecule has 0 saturated carbocycles. The third-order valence-corrected chi connectivity index (χ3v) is 4.89. The molecule has 1 aliphatic rings. The average Bonchev–Trinajstić information content (AvgIpc) is 3.25. The Morgan fingerprint density at radius 3 is 3.04 bits per heavy atom. The Morgan fingerprint density at radius 2 is 2.26 bits per heavy atom. The maximum Gasteiger partial charge on any atom is 0.231 e. The number of nitrogens with zero attached hydrogens (tertiary/aromatic N) is 6. The molecule has 1 unspecified atom stereocenters. The zero-order valence-electron chi connectivity index (χ0n) is 12.7. The number of hydrogen-bond acceptors (Lipinski definition) is 8. The summed E-state index contributed by atoms with van der Waals surface area (Å²) in [7, 11) is 0. The first-order valence-electron chi connectivity index (χ1n) is 7.59. The Kier molecular flexibility index (Phi) is 3.74. The van der Waals surface area contributed by atoms with E-state index >= 15 is 0 Å². The van der Waals surface area contributed by atoms with E-state index in [2.05, 4.69) is 30.2 Å². The molecule has 3 aromatic heterocycles. The molecule has 4 rings (SSSR count). The Bertz CT molecular complexity index is 786. The van der Waals surface area contributed by atoms with Crippen LogP contribution in [0.5, 0.6) is 0 Å². The standard InChI is InChI=1S/C15H16N6OS/c1-10-17-13(22-20-10)11-5-4-8-21(9-11)15-19-18-14(23-15)12-6-2-3-7-16-12/h2-3,6-7,11H,4-5,8-9H2,1H3. The van der Waals surface area contributed by atoms with Crippen LogP contribution in [0.1, 0.15) is 30.5 Å². The van der Waals surface area contributed by atoms with Gasteiger partial charge in [-0.2, -0.15) is 4.98 Å². The van der Waals surface area contributed by atoms with Crippen molar-refractivity contribution in [2.75, 3.05) is 18.0 Å². The molecule has 0 amide bonds. The molecule has 118 valence electrons. The second kappa shape index (κ2) is 6.04. The summed E-state index contributed by atoms with van der Waals surface area (Å²) in [6.45, 7) is 3.65. The van der Waals surface area contributed by atoms with E-state index < -0.39 is 0 Å². The van der Waals surface area contributed by atoms with E-state index in [4.69, 9.17) is 4.52 Å². The van der Waals surface area contributed by atoms with Gasteiger partial charge < -0.3 is 9.42 Å². The van der Waals surface area contributed by atoms with Crippen LogP contribution >= 0.6 is 11.3 Å². The van der Waals surface area contributed by atoms with Crippen LogP contribution in [0.2, 0.25) is 0 Å². The van der Waals surface area contributed by atoms with Gasteiger partial charge in [0.1, 0.15) is 5.69 Å². The average molecular weight is 328 g/mol. The fourth-order valence-electron chi connectivity index (χ4n) is 2.77. The highest BCUT2D eigenvalue weighted by Gasteiger charge is 2.27. The predicted molar refractivity (Wildman–Crippen MR) is 86.4 cm³/mol. The summed E-state index contributed by atoms with van der Waals surface area (Å²) in [4.78, 5) is 10.9. The van der Waals surface area contributed by atoms with Gasteiger partial charge in [-0.05, 0) is 31.9 Å². The highest BCUT2D eigenvalue weighted by Crippen LogP contribution is 2.32. The number of piperidine rings is 1. The monoisotopic (exact) mass is 328 g/mol. The Morgan fingerprint density at radius 1 is 1.30 bits per heavy atom. The first-order valence-corrected chi connectivity index (χ1v) is 8.41. The lowest BCUT2D eigenvalue weighted by Gasteiger charge is -2.30. The van der Waals surface area contributed by atoms with Crippen molar-refractivity contribution in [3.63, 3.8) is 0 Å². The minimum absolute atomic E-state index is 0.257. The van der Waals surface area contributed by atoms with Crippen LogP contribution in [0.25, 0.3) is 10.7 Å². The smallest absolute Gasteiger partial charge is 0.231 e. The van der Waals surface area contributed by atoms with Gasteiger partial charge in [0, 0.05) is 19.3 Å². The van der Waals surface area contributed by atoms with Crippen molar-refractivity contribution in [2.24, 2.45) is 0 Å². The van der Waals surface area contributed by atoms with Crippen LogP contribution in [0, 0.1) is 6.92 Å². The number of hydrogen-bond donors (Lipinski definition) is 0. The third kappa shape index (κ3) is 2.94. The zero-order chi connectivity index (χ0) is 15.6. The molecule has 1 fully saturated rings. The van der Waals surface area contributed by atoms with Gasteiger partial charge in [-0.3, -0.25) is 4.98 Å². The third-order valence-electron chi connectivity index (χ3n) is 3.88. The molecule has 4 heterocycles. The highest BCUT2D eigenvalue weighted by atomic mass is 32.1. The van der Waals surface area contributed by atoms with Crippen LogP contribution in [0.15, 0.2) is 28.9 Å². The molecule has 3 aromatic rings. The molecule has 8 heteroatoms. The molecule has 0 aliphatic carbocycles. The lowest BCUT2D eigenvalue weighted by atomic mass is 9.98. The SMILES string of the molecule is Cc1noc(C2CCCN(c3nnc(-c4ccccn4)s3)C2)n1. The summed E-state index contributed by atoms with van der Waals surface area (Å²) in [6, 6.07) is 5.80. The molecule has 1 aliphatic heterocycles. The molecular formula is C15H16N6OS. The van der Waals surface area contributed by atoms with Crippen LogP contribution < -0.4 is 4.90 Å². The maximum atomic E-state index is 5.33. The summed E-state index contributed by atoms with van der Waals surface area (Å²) in [6.07, 6.45) is 3.90. The predicted octanol–water partition coefficient (Wildman–Crippen LogP) is 2.68. The summed E-state index contributed by atoms with van der Waals surface area (Å²) in [5, 5.41) is 14.3. The quantitative estimate of drug-likeness (QED) is 0.731. The van der Waals surface area contributed by atoms with E-state index in [1.807, 2.05) is 25.1 Å². The van der Waals surface area contributed by atoms with Crippen molar-refractivity contribution < 1.29 is 4.52 Å². The fourth-order valence-corrected chi connectivity index (χ4v) is 3.62. The minimum atomic E-state index is 0.257. The van der Waals surface area contributed by atoms with Gasteiger partial charge in [0.15, 0.2) is 10.8 Å². The van der Waals surface area contributed by atoms with Crippen molar-refractivity contribution >= 4 is 16.5 Å². The largest absolute Gasteiger partial charge is 0.346 e. The van der Waals surface area contributed by atoms with Crippen molar-refractivity contribution in [2.45, 2.75) is 25.7 Å². The molecule has 0 bridgehead atoms. The van der Waals surface area contributed by atoms with Gasteiger partial charge in [-0.25, -0.2) is 0 Å². The van der Waals surface area contributed by atoms with Crippen molar-refractivity contribution in [3.8, 4) is 10.7 Å². The number of anilines is 1. The number of aromatic nitrogens is 5. The van der Waals surface area contributed by atoms with E-state index in [0.29, 0.717) is 5.82 Å². The Balaban J connectivity index is 1.53. The van der Waals surface area contributed by atoms with Gasteiger partial charge in [0.25, 0.3) is 0 Å². The summed E-state index contributed by atoms with van der Waals surface area (Å²) in [5.74, 6) is 1.67. The molecule has 7 nitrogen and oxygen atoms in total. The van der Waals surface area contributed by atoms with E-state index in [1.54, 1.807) is 17.5 Å². The normalized spacial score (nSPS) is 18.3. The van der Waals surface area contributed by atoms with Gasteiger partial charge in [-0.15, -0.1) is 10.2 Å². The molecular weight excluding hydrogens is 312 g/mol. The second-order valence-corrected chi connectivity index (χ2v) is 6.53. The lowest BCUT2D eigenvalue weighted by Crippen LogP contribution is -2.34. The lowest BCUT2D eigenvalue weighted by molar-refractivity contribution is 0.331. The molecule has 1 saturated heterocycles. The van der Waals surface area contributed by atoms with Crippen molar-refractivity contribution in [3.05, 3.63) is 36.1 Å². The van der Waals surface area contributed by atoms with Gasteiger partial charge >= 0.3 is 0 Å². The van der Waals surface area contributed by atoms with Crippen LogP contribution in [0.4, 0.5) is 5.13 Å². The number of rotatable bonds is 3. The maximum absolute atomic E-state index is 5.33. The first-order chi connectivity index (χ1) is 11.3. The Labute approximate surface area is 137 Å². The number of aryl methyl sites for hydroxylation is 1. The summed E-state index contributed by atoms with van der Waals surface area (Å²) < 4.78 is 5.33. The van der Waals surface area contributed by atoms with Crippen LogP contribution in [0.3, 0.4) is 0 Å². The molecule has 0 aromatic carbocycles. The molecule has 0 radical (unpaired) electrons. The summed E-state index contributed by atoms with van der Waals surface area (Å²) in [5.41, 5.74) is 0.859. The second-order valence-electron chi connectivity index (χ2n) is 5.57. The molecule has 0 N–H and O–H groups in total. The highest BCUT2D eigenvalue weighted by molar-refractivity contribution is 7.18. The Hall–Kier alpha value is -2.35. The van der Waals surface area contributed by atoms with Crippen molar-refractivity contribution in [1.29, 1.82) is 0 Å². The molecule has 23 heavy (non-hydrogen) atoms. The zero-order valence-corrected chi connectivity index (χ0v) is 13.5. The van der Waals surface area contributed by atoms with E-state index in [0.717, 1.165) is 47.7 Å². The fraction of sp³-hybridized carbons (Fsp3) is 0.400. The minimum Gasteiger partial charge on any atom is -0.346 e. The summed E-state index contributed by atoms with van der Waals surface area (Å²) >= 11 is 1.57. The topological polar surface area (TPSA) is 80.8 Å². The number of pyridine rings is 1. The van der Waals surface area contributed by atoms with Gasteiger partial charge in [0.05, 0.1) is 5.92 Å². The van der Waals surface area contributed by atoms with E-state index in [1.165, 1.54) is 0 Å². The van der Waals surface area contributed by atoms with Crippen LogP contribution in [-0.2, 0) is 0 Å². The molecule has 0 spiro atoms. The van der Waals surface area contributed by atoms with Crippen LogP contribution in [-0.4, -0.2) is 38.4 Å². The van der Waals surface area contributed by atoms with Gasteiger partial charge in [0.2, 0.25) is 11.0 Å². The first kappa shape index (κ1) is 14.3. The van der Waals surface area contributed by atoms with E-state index in [9.17, 15) is 0 Å². The van der Waals surface area contributed by atoms with E-state index in [-0.39, 0.29) is 5.92 Å². The van der Waals surface area contributed by atoms with Crippen molar-refractivity contribution in [1.82, 2.24) is 25.3 Å².